The molecule has 0 fully saturated rings. The van der Waals surface area contributed by atoms with Gasteiger partial charge in [-0.1, -0.05) is 48.4 Å². The average Bonchev–Trinajstić information content (AvgIpc) is 2.79. The molecule has 3 rings (SSSR count). The third-order valence-electron chi connectivity index (χ3n) is 4.55. The van der Waals surface area contributed by atoms with Crippen molar-refractivity contribution in [3.63, 3.8) is 0 Å². The maximum absolute atomic E-state index is 13.3. The van der Waals surface area contributed by atoms with Crippen LogP contribution in [-0.2, 0) is 10.0 Å². The Kier molecular flexibility index (Phi) is 6.62. The molecule has 3 aromatic rings. The number of aromatic nitrogens is 1. The van der Waals surface area contributed by atoms with E-state index in [1.807, 2.05) is 48.5 Å². The van der Waals surface area contributed by atoms with E-state index >= 15 is 0 Å². The zero-order chi connectivity index (χ0) is 21.6. The fourth-order valence-corrected chi connectivity index (χ4v) is 4.08. The summed E-state index contributed by atoms with van der Waals surface area (Å²) in [7, 11) is -2.13. The van der Waals surface area contributed by atoms with Crippen LogP contribution in [0, 0.1) is 12.3 Å². The topological polar surface area (TPSA) is 79.4 Å². The minimum atomic E-state index is -3.80. The first kappa shape index (κ1) is 21.2. The molecule has 0 aliphatic carbocycles. The van der Waals surface area contributed by atoms with Gasteiger partial charge in [-0.25, -0.2) is 8.42 Å². The van der Waals surface area contributed by atoms with Gasteiger partial charge in [0.2, 0.25) is 10.0 Å². The van der Waals surface area contributed by atoms with Gasteiger partial charge in [-0.2, -0.15) is 4.72 Å². The molecule has 0 spiro atoms. The van der Waals surface area contributed by atoms with Crippen molar-refractivity contribution in [2.24, 2.45) is 0 Å². The van der Waals surface area contributed by atoms with Gasteiger partial charge in [0, 0.05) is 18.8 Å². The van der Waals surface area contributed by atoms with Crippen LogP contribution in [0.1, 0.15) is 27.7 Å². The van der Waals surface area contributed by atoms with Crippen LogP contribution in [0.4, 0.5) is 0 Å². The lowest BCUT2D eigenvalue weighted by Crippen LogP contribution is -2.32. The Morgan fingerprint density at radius 3 is 2.50 bits per heavy atom. The third-order valence-corrected chi connectivity index (χ3v) is 5.95. The second kappa shape index (κ2) is 9.35. The number of pyridine rings is 1. The molecule has 2 aromatic carbocycles. The van der Waals surface area contributed by atoms with Gasteiger partial charge < -0.3 is 4.90 Å². The van der Waals surface area contributed by atoms with Crippen LogP contribution in [0.15, 0.2) is 83.9 Å². The summed E-state index contributed by atoms with van der Waals surface area (Å²) in [4.78, 5) is 19.2. The molecule has 6 nitrogen and oxygen atoms in total. The largest absolute Gasteiger partial charge is 0.329 e. The molecule has 0 aliphatic rings. The van der Waals surface area contributed by atoms with Crippen molar-refractivity contribution in [3.05, 3.63) is 95.8 Å². The van der Waals surface area contributed by atoms with Crippen molar-refractivity contribution in [2.75, 3.05) is 13.6 Å². The summed E-state index contributed by atoms with van der Waals surface area (Å²) in [6.45, 7) is -0.129. The van der Waals surface area contributed by atoms with Crippen LogP contribution in [0.2, 0.25) is 0 Å². The number of sulfonamides is 1. The predicted molar refractivity (Wildman–Crippen MR) is 115 cm³/mol. The minimum absolute atomic E-state index is 0.0221. The van der Waals surface area contributed by atoms with Gasteiger partial charge >= 0.3 is 0 Å². The van der Waals surface area contributed by atoms with Gasteiger partial charge in [0.1, 0.15) is 0 Å². The summed E-state index contributed by atoms with van der Waals surface area (Å²) in [6.07, 6.45) is 6.81. The Hall–Kier alpha value is -3.47. The van der Waals surface area contributed by atoms with E-state index in [0.717, 1.165) is 5.56 Å². The number of carbonyl (C=O) groups is 1. The fourth-order valence-electron chi connectivity index (χ4n) is 3.10. The van der Waals surface area contributed by atoms with Crippen molar-refractivity contribution in [3.8, 4) is 12.3 Å². The first-order valence-corrected chi connectivity index (χ1v) is 10.7. The zero-order valence-electron chi connectivity index (χ0n) is 16.4. The van der Waals surface area contributed by atoms with E-state index in [1.54, 1.807) is 24.2 Å². The minimum Gasteiger partial charge on any atom is -0.329 e. The van der Waals surface area contributed by atoms with Gasteiger partial charge in [-0.3, -0.25) is 9.78 Å². The third kappa shape index (κ3) is 4.74. The normalized spacial score (nSPS) is 12.0. The van der Waals surface area contributed by atoms with E-state index < -0.39 is 16.1 Å². The Balaban J connectivity index is 1.97. The van der Waals surface area contributed by atoms with Crippen LogP contribution in [0.25, 0.3) is 0 Å². The molecule has 0 radical (unpaired) electrons. The van der Waals surface area contributed by atoms with E-state index in [-0.39, 0.29) is 22.9 Å². The first-order valence-electron chi connectivity index (χ1n) is 9.20. The molecule has 152 valence electrons. The van der Waals surface area contributed by atoms with Crippen LogP contribution in [0.5, 0.6) is 0 Å². The maximum Gasteiger partial charge on any atom is 0.254 e. The van der Waals surface area contributed by atoms with E-state index in [1.165, 1.54) is 18.2 Å². The number of hydrogen-bond donors (Lipinski definition) is 1. The summed E-state index contributed by atoms with van der Waals surface area (Å²) in [5.74, 6) is 1.90. The molecule has 1 N–H and O–H groups in total. The summed E-state index contributed by atoms with van der Waals surface area (Å²) in [5.41, 5.74) is 1.85. The molecule has 30 heavy (non-hydrogen) atoms. The van der Waals surface area contributed by atoms with E-state index in [0.29, 0.717) is 5.69 Å². The molecule has 0 saturated heterocycles. The number of nitrogens with zero attached hydrogens (tertiary/aromatic N) is 2. The molecule has 1 aromatic heterocycles. The molecule has 1 atom stereocenters. The monoisotopic (exact) mass is 419 g/mol. The number of rotatable bonds is 7. The van der Waals surface area contributed by atoms with Crippen LogP contribution < -0.4 is 4.72 Å². The van der Waals surface area contributed by atoms with Crippen molar-refractivity contribution < 1.29 is 13.2 Å². The second-order valence-corrected chi connectivity index (χ2v) is 8.31. The van der Waals surface area contributed by atoms with E-state index in [4.69, 9.17) is 6.42 Å². The lowest BCUT2D eigenvalue weighted by atomic mass is 10.0. The van der Waals surface area contributed by atoms with Crippen molar-refractivity contribution in [1.29, 1.82) is 0 Å². The standard InChI is InChI=1S/C23H21N3O3S/c1-3-15-25-30(28,29)20-13-9-12-19(17-20)23(27)26(2)22(18-10-5-4-6-11-18)21-14-7-8-16-24-21/h1,4-14,16-17,22,25H,15H2,2H3. The van der Waals surface area contributed by atoms with Crippen molar-refractivity contribution in [1.82, 2.24) is 14.6 Å². The van der Waals surface area contributed by atoms with E-state index in [9.17, 15) is 13.2 Å². The predicted octanol–water partition coefficient (Wildman–Crippen LogP) is 2.85. The molecule has 0 aliphatic heterocycles. The summed E-state index contributed by atoms with van der Waals surface area (Å²) in [5, 5.41) is 0. The summed E-state index contributed by atoms with van der Waals surface area (Å²) < 4.78 is 27.0. The van der Waals surface area contributed by atoms with Crippen LogP contribution in [0.3, 0.4) is 0 Å². The Labute approximate surface area is 176 Å². The zero-order valence-corrected chi connectivity index (χ0v) is 17.2. The lowest BCUT2D eigenvalue weighted by Gasteiger charge is -2.28. The highest BCUT2D eigenvalue weighted by Crippen LogP contribution is 2.27. The molecular formula is C23H21N3O3S. The van der Waals surface area contributed by atoms with Gasteiger partial charge in [0.15, 0.2) is 0 Å². The number of benzene rings is 2. The SMILES string of the molecule is C#CCNS(=O)(=O)c1cccc(C(=O)N(C)C(c2ccccc2)c2ccccn2)c1. The number of amides is 1. The Morgan fingerprint density at radius 2 is 1.83 bits per heavy atom. The van der Waals surface area contributed by atoms with Gasteiger partial charge in [0.05, 0.1) is 23.2 Å². The molecule has 7 heteroatoms. The smallest absolute Gasteiger partial charge is 0.254 e. The molecular weight excluding hydrogens is 398 g/mol. The first-order chi connectivity index (χ1) is 14.4. The van der Waals surface area contributed by atoms with Crippen molar-refractivity contribution in [2.45, 2.75) is 10.9 Å². The molecule has 1 unspecified atom stereocenters. The highest BCUT2D eigenvalue weighted by molar-refractivity contribution is 7.89. The molecule has 0 bridgehead atoms. The molecule has 0 saturated carbocycles. The highest BCUT2D eigenvalue weighted by Gasteiger charge is 2.26. The Morgan fingerprint density at radius 1 is 1.10 bits per heavy atom. The van der Waals surface area contributed by atoms with Crippen LogP contribution in [-0.4, -0.2) is 37.8 Å². The van der Waals surface area contributed by atoms with Crippen LogP contribution >= 0.6 is 0 Å². The molecule has 1 heterocycles. The van der Waals surface area contributed by atoms with Gasteiger partial charge in [-0.15, -0.1) is 6.42 Å². The highest BCUT2D eigenvalue weighted by atomic mass is 32.2. The number of nitrogens with one attached hydrogen (secondary N) is 1. The second-order valence-electron chi connectivity index (χ2n) is 6.54. The average molecular weight is 420 g/mol. The summed E-state index contributed by atoms with van der Waals surface area (Å²) >= 11 is 0. The fraction of sp³-hybridized carbons (Fsp3) is 0.130. The van der Waals surface area contributed by atoms with E-state index in [2.05, 4.69) is 15.6 Å². The van der Waals surface area contributed by atoms with Gasteiger partial charge in [0.25, 0.3) is 5.91 Å². The number of carbonyl (C=O) groups excluding carboxylic acids is 1. The summed E-state index contributed by atoms with van der Waals surface area (Å²) in [6, 6.07) is 20.5. The lowest BCUT2D eigenvalue weighted by molar-refractivity contribution is 0.0752. The quantitative estimate of drug-likeness (QED) is 0.598. The van der Waals surface area contributed by atoms with Crippen molar-refractivity contribution >= 4 is 15.9 Å². The molecule has 1 amide bonds. The number of hydrogen-bond acceptors (Lipinski definition) is 4. The van der Waals surface area contributed by atoms with Gasteiger partial charge in [-0.05, 0) is 35.9 Å². The number of terminal acetylenes is 1. The Bertz CT molecular complexity index is 1120. The maximum atomic E-state index is 13.3.